The van der Waals surface area contributed by atoms with Crippen LogP contribution in [-0.2, 0) is 0 Å². The second-order valence-electron chi connectivity index (χ2n) is 2.53. The molecule has 0 radical (unpaired) electrons. The third-order valence-electron chi connectivity index (χ3n) is 1.56. The monoisotopic (exact) mass is 259 g/mol. The largest absolute Gasteiger partial charge is 0.239 e. The van der Waals surface area contributed by atoms with Gasteiger partial charge in [-0.2, -0.15) is 0 Å². The molecule has 0 saturated carbocycles. The van der Waals surface area contributed by atoms with Crippen molar-refractivity contribution in [3.05, 3.63) is 11.6 Å². The first-order valence-corrected chi connectivity index (χ1v) is 4.43. The number of amidine groups is 1. The zero-order valence-electron chi connectivity index (χ0n) is 5.95. The Morgan fingerprint density at radius 1 is 1.45 bits per heavy atom. The lowest BCUT2D eigenvalue weighted by molar-refractivity contribution is 1.01. The topological polar surface area (TPSA) is 37.1 Å². The number of dihydropyridines is 1. The van der Waals surface area contributed by atoms with Gasteiger partial charge < -0.3 is 0 Å². The molecule has 0 bridgehead atoms. The van der Waals surface area contributed by atoms with Crippen molar-refractivity contribution in [1.29, 1.82) is 0 Å². The van der Waals surface area contributed by atoms with Crippen LogP contribution in [0.1, 0.15) is 6.92 Å². The molecule has 56 valence electrons. The number of aliphatic imine (C=N–C) groups is 1. The molecule has 0 saturated heterocycles. The van der Waals surface area contributed by atoms with Crippen molar-refractivity contribution in [2.45, 2.75) is 6.92 Å². The molecular formula is C7H6IN3. The maximum Gasteiger partial charge on any atom is 0.183 e. The van der Waals surface area contributed by atoms with E-state index in [1.807, 2.05) is 6.21 Å². The molecule has 0 aromatic rings. The number of allylic oxidation sites excluding steroid dienone is 1. The maximum absolute atomic E-state index is 4.16. The zero-order chi connectivity index (χ0) is 7.84. The van der Waals surface area contributed by atoms with Crippen LogP contribution in [0.2, 0.25) is 0 Å². The van der Waals surface area contributed by atoms with Crippen LogP contribution in [0.15, 0.2) is 26.8 Å². The molecule has 2 rings (SSSR count). The number of hydrogen-bond acceptors (Lipinski definition) is 3. The minimum Gasteiger partial charge on any atom is -0.239 e. The van der Waals surface area contributed by atoms with Crippen LogP contribution >= 0.6 is 22.6 Å². The average Bonchev–Trinajstić information content (AvgIpc) is 2.33. The minimum atomic E-state index is 0.405. The molecule has 0 unspecified atom stereocenters. The quantitative estimate of drug-likeness (QED) is 0.595. The summed E-state index contributed by atoms with van der Waals surface area (Å²) in [5.74, 6) is 1.16. The van der Waals surface area contributed by atoms with E-state index < -0.39 is 0 Å². The highest BCUT2D eigenvalue weighted by Gasteiger charge is 2.20. The molecule has 2 aliphatic rings. The molecule has 0 aliphatic carbocycles. The average molecular weight is 259 g/mol. The van der Waals surface area contributed by atoms with Crippen LogP contribution in [0.4, 0.5) is 0 Å². The number of halogens is 1. The number of fused-ring (bicyclic) bond motifs is 1. The van der Waals surface area contributed by atoms with E-state index in [2.05, 4.69) is 50.8 Å². The number of nitrogens with zero attached hydrogens (tertiary/aromatic N) is 3. The van der Waals surface area contributed by atoms with Crippen molar-refractivity contribution in [2.24, 2.45) is 21.1 Å². The predicted molar refractivity (Wildman–Crippen MR) is 54.6 cm³/mol. The second kappa shape index (κ2) is 2.51. The molecule has 11 heavy (non-hydrogen) atoms. The highest BCUT2D eigenvalue weighted by Crippen LogP contribution is 2.20. The standard InChI is InChI=1S/C7H6IN3/c1-4-2-5-6(8)10-11-7(5)9-3-4/h2-4H,1H3/t4-/m1/s1. The molecule has 2 heterocycles. The Kier molecular flexibility index (Phi) is 1.63. The van der Waals surface area contributed by atoms with Gasteiger partial charge >= 0.3 is 0 Å². The summed E-state index contributed by atoms with van der Waals surface area (Å²) >= 11 is 2.17. The van der Waals surface area contributed by atoms with Gasteiger partial charge in [0.05, 0.1) is 5.57 Å². The summed E-state index contributed by atoms with van der Waals surface area (Å²) < 4.78 is 0.946. The molecule has 2 aliphatic heterocycles. The normalized spacial score (nSPS) is 27.5. The van der Waals surface area contributed by atoms with E-state index in [0.29, 0.717) is 5.92 Å². The highest BCUT2D eigenvalue weighted by atomic mass is 127. The lowest BCUT2D eigenvalue weighted by Gasteiger charge is -2.06. The Balaban J connectivity index is 2.43. The molecule has 0 fully saturated rings. The third-order valence-corrected chi connectivity index (χ3v) is 2.35. The van der Waals surface area contributed by atoms with Crippen molar-refractivity contribution in [1.82, 2.24) is 0 Å². The molecule has 3 nitrogen and oxygen atoms in total. The van der Waals surface area contributed by atoms with Crippen molar-refractivity contribution < 1.29 is 0 Å². The number of hydrogen-bond donors (Lipinski definition) is 0. The fourth-order valence-corrected chi connectivity index (χ4v) is 1.55. The molecule has 4 heteroatoms. The van der Waals surface area contributed by atoms with Crippen LogP contribution < -0.4 is 0 Å². The fourth-order valence-electron chi connectivity index (χ4n) is 1.02. The first-order chi connectivity index (χ1) is 5.27. The summed E-state index contributed by atoms with van der Waals surface area (Å²) in [4.78, 5) is 4.16. The van der Waals surface area contributed by atoms with E-state index in [-0.39, 0.29) is 0 Å². The highest BCUT2D eigenvalue weighted by molar-refractivity contribution is 14.1. The van der Waals surface area contributed by atoms with E-state index in [1.165, 1.54) is 0 Å². The first-order valence-electron chi connectivity index (χ1n) is 3.35. The van der Waals surface area contributed by atoms with Crippen LogP contribution in [0.5, 0.6) is 0 Å². The van der Waals surface area contributed by atoms with Gasteiger partial charge in [-0.1, -0.05) is 13.0 Å². The predicted octanol–water partition coefficient (Wildman–Crippen LogP) is 1.79. The smallest absolute Gasteiger partial charge is 0.183 e. The summed E-state index contributed by atoms with van der Waals surface area (Å²) in [5.41, 5.74) is 1.08. The lowest BCUT2D eigenvalue weighted by Crippen LogP contribution is -2.10. The van der Waals surface area contributed by atoms with Crippen molar-refractivity contribution in [2.75, 3.05) is 0 Å². The first kappa shape index (κ1) is 7.15. The summed E-state index contributed by atoms with van der Waals surface area (Å²) in [5, 5.41) is 7.83. The summed E-state index contributed by atoms with van der Waals surface area (Å²) in [7, 11) is 0. The van der Waals surface area contributed by atoms with E-state index in [4.69, 9.17) is 0 Å². The third kappa shape index (κ3) is 1.15. The molecule has 0 aromatic carbocycles. The van der Waals surface area contributed by atoms with Crippen molar-refractivity contribution in [3.63, 3.8) is 0 Å². The van der Waals surface area contributed by atoms with Gasteiger partial charge in [0.15, 0.2) is 5.84 Å². The van der Waals surface area contributed by atoms with Crippen LogP contribution in [0.3, 0.4) is 0 Å². The Labute approximate surface area is 78.1 Å². The van der Waals surface area contributed by atoms with Gasteiger partial charge in [-0.25, -0.2) is 4.99 Å². The van der Waals surface area contributed by atoms with Gasteiger partial charge in [-0.05, 0) is 22.6 Å². The van der Waals surface area contributed by atoms with Gasteiger partial charge in [0, 0.05) is 12.1 Å². The molecule has 0 N–H and O–H groups in total. The second-order valence-corrected chi connectivity index (χ2v) is 3.55. The van der Waals surface area contributed by atoms with Crippen molar-refractivity contribution in [3.8, 4) is 0 Å². The molecule has 0 amide bonds. The van der Waals surface area contributed by atoms with Gasteiger partial charge in [0.25, 0.3) is 0 Å². The number of rotatable bonds is 0. The fraction of sp³-hybridized carbons (Fsp3) is 0.286. The van der Waals surface area contributed by atoms with Crippen molar-refractivity contribution >= 4 is 38.4 Å². The van der Waals surface area contributed by atoms with Gasteiger partial charge in [0.1, 0.15) is 3.72 Å². The van der Waals surface area contributed by atoms with E-state index in [9.17, 15) is 0 Å². The van der Waals surface area contributed by atoms with E-state index >= 15 is 0 Å². The van der Waals surface area contributed by atoms with E-state index in [1.54, 1.807) is 0 Å². The molecule has 0 spiro atoms. The summed E-state index contributed by atoms with van der Waals surface area (Å²) in [6, 6.07) is 0. The zero-order valence-corrected chi connectivity index (χ0v) is 8.11. The van der Waals surface area contributed by atoms with E-state index in [0.717, 1.165) is 15.1 Å². The van der Waals surface area contributed by atoms with Gasteiger partial charge in [0.2, 0.25) is 0 Å². The Bertz CT molecular complexity index is 312. The minimum absolute atomic E-state index is 0.405. The maximum atomic E-state index is 4.16. The van der Waals surface area contributed by atoms with Crippen LogP contribution in [-0.4, -0.2) is 15.8 Å². The molecule has 0 aromatic heterocycles. The lowest BCUT2D eigenvalue weighted by atomic mass is 10.1. The molecular weight excluding hydrogens is 253 g/mol. The molecule has 1 atom stereocenters. The van der Waals surface area contributed by atoms with Crippen LogP contribution in [0.25, 0.3) is 0 Å². The van der Waals surface area contributed by atoms with Gasteiger partial charge in [-0.3, -0.25) is 0 Å². The SMILES string of the molecule is C[C@H]1C=NC2=NN=C(I)C2=C1. The Morgan fingerprint density at radius 2 is 2.27 bits per heavy atom. The Morgan fingerprint density at radius 3 is 3.09 bits per heavy atom. The van der Waals surface area contributed by atoms with Gasteiger partial charge in [-0.15, -0.1) is 10.2 Å². The summed E-state index contributed by atoms with van der Waals surface area (Å²) in [6.07, 6.45) is 4.01. The van der Waals surface area contributed by atoms with Crippen LogP contribution in [0, 0.1) is 5.92 Å². The Hall–Kier alpha value is -0.520. The summed E-state index contributed by atoms with van der Waals surface area (Å²) in [6.45, 7) is 2.09.